The van der Waals surface area contributed by atoms with E-state index in [2.05, 4.69) is 0 Å². The first-order chi connectivity index (χ1) is 14.3. The molecule has 9 nitrogen and oxygen atoms in total. The van der Waals surface area contributed by atoms with Crippen molar-refractivity contribution in [3.05, 3.63) is 11.6 Å². The van der Waals surface area contributed by atoms with Gasteiger partial charge in [0.25, 0.3) is 0 Å². The van der Waals surface area contributed by atoms with Crippen LogP contribution in [0, 0.1) is 17.3 Å². The number of epoxide rings is 1. The lowest BCUT2D eigenvalue weighted by Gasteiger charge is -2.54. The Balaban J connectivity index is 1.93. The van der Waals surface area contributed by atoms with E-state index in [1.807, 2.05) is 0 Å². The van der Waals surface area contributed by atoms with Gasteiger partial charge in [0.15, 0.2) is 17.3 Å². The Kier molecular flexibility index (Phi) is 4.94. The minimum absolute atomic E-state index is 0.0756. The summed E-state index contributed by atoms with van der Waals surface area (Å²) >= 11 is 0. The number of Topliss-reactive ketones (excluding diaryl/α,β-unsaturated/α-hetero) is 1. The first-order valence-corrected chi connectivity index (χ1v) is 10.6. The molecule has 0 amide bonds. The lowest BCUT2D eigenvalue weighted by atomic mass is 9.53. The molecular weight excluding hydrogens is 408 g/mol. The van der Waals surface area contributed by atoms with Crippen molar-refractivity contribution in [3.63, 3.8) is 0 Å². The average Bonchev–Trinajstić information content (AvgIpc) is 3.25. The van der Waals surface area contributed by atoms with Crippen LogP contribution in [0.3, 0.4) is 0 Å². The van der Waals surface area contributed by atoms with E-state index < -0.39 is 70.9 Å². The number of rotatable bonds is 1. The topological polar surface area (TPSA) is 143 Å². The van der Waals surface area contributed by atoms with Crippen LogP contribution in [0.15, 0.2) is 11.6 Å². The van der Waals surface area contributed by atoms with E-state index >= 15 is 0 Å². The fourth-order valence-electron chi connectivity index (χ4n) is 6.21. The molecule has 2 aliphatic heterocycles. The highest BCUT2D eigenvalue weighted by atomic mass is 16.7. The molecule has 2 aliphatic carbocycles. The number of ketones is 1. The molecule has 0 aromatic heterocycles. The first-order valence-electron chi connectivity index (χ1n) is 10.6. The number of aliphatic hydroxyl groups is 3. The fraction of sp³-hybridized carbons (Fsp3) is 0.773. The Bertz CT molecular complexity index is 867. The third kappa shape index (κ3) is 2.79. The molecule has 3 N–H and O–H groups in total. The highest BCUT2D eigenvalue weighted by Crippen LogP contribution is 2.64. The van der Waals surface area contributed by atoms with Crippen LogP contribution in [0.4, 0.5) is 0 Å². The number of carbonyl (C=O) groups excluding carboxylic acids is 3. The molecule has 172 valence electrons. The minimum atomic E-state index is -1.44. The summed E-state index contributed by atoms with van der Waals surface area (Å²) < 4.78 is 16.9. The number of ether oxygens (including phenoxy) is 3. The maximum atomic E-state index is 12.7. The van der Waals surface area contributed by atoms with Crippen molar-refractivity contribution in [2.24, 2.45) is 17.3 Å². The summed E-state index contributed by atoms with van der Waals surface area (Å²) in [6.45, 7) is 7.70. The normalized spacial score (nSPS) is 51.6. The van der Waals surface area contributed by atoms with Gasteiger partial charge in [-0.05, 0) is 26.3 Å². The van der Waals surface area contributed by atoms with E-state index in [9.17, 15) is 29.7 Å². The number of hydrogen-bond donors (Lipinski definition) is 3. The number of hydrogen-bond acceptors (Lipinski definition) is 9. The van der Waals surface area contributed by atoms with Gasteiger partial charge in [0.05, 0.1) is 18.3 Å². The standard InChI is InChI=1S/C22H30O9/c1-9-6-13(25)18(29-11(3)23)20(4)14(26)8-12(24)10(2)16(20)17(27)22-15(7-9)30-19(28)21(22,5)31-22/h7,10,13-18,25-27H,6,8H2,1-5H3. The molecule has 0 radical (unpaired) electrons. The van der Waals surface area contributed by atoms with Gasteiger partial charge in [-0.25, -0.2) is 4.79 Å². The van der Waals surface area contributed by atoms with Crippen molar-refractivity contribution in [2.75, 3.05) is 0 Å². The van der Waals surface area contributed by atoms with Crippen molar-refractivity contribution >= 4 is 17.7 Å². The van der Waals surface area contributed by atoms with E-state index in [1.54, 1.807) is 26.8 Å². The molecule has 10 atom stereocenters. The Morgan fingerprint density at radius 1 is 1.19 bits per heavy atom. The van der Waals surface area contributed by atoms with Gasteiger partial charge in [0.1, 0.15) is 11.9 Å². The van der Waals surface area contributed by atoms with E-state index in [-0.39, 0.29) is 18.6 Å². The van der Waals surface area contributed by atoms with Gasteiger partial charge in [0, 0.05) is 30.6 Å². The van der Waals surface area contributed by atoms with Gasteiger partial charge in [-0.2, -0.15) is 0 Å². The Labute approximate surface area is 180 Å². The smallest absolute Gasteiger partial charge is 0.342 e. The monoisotopic (exact) mass is 438 g/mol. The second-order valence-corrected chi connectivity index (χ2v) is 9.88. The Morgan fingerprint density at radius 3 is 2.42 bits per heavy atom. The van der Waals surface area contributed by atoms with Gasteiger partial charge >= 0.3 is 11.9 Å². The summed E-state index contributed by atoms with van der Waals surface area (Å²) in [5.41, 5.74) is -3.58. The van der Waals surface area contributed by atoms with Gasteiger partial charge in [0.2, 0.25) is 0 Å². The van der Waals surface area contributed by atoms with E-state index in [0.29, 0.717) is 5.57 Å². The fourth-order valence-corrected chi connectivity index (χ4v) is 6.21. The molecule has 0 bridgehead atoms. The van der Waals surface area contributed by atoms with Gasteiger partial charge in [-0.3, -0.25) is 9.59 Å². The molecule has 0 aromatic carbocycles. The highest BCUT2D eigenvalue weighted by Gasteiger charge is 2.86. The molecular formula is C22H30O9. The summed E-state index contributed by atoms with van der Waals surface area (Å²) in [4.78, 5) is 37.2. The zero-order chi connectivity index (χ0) is 23.1. The molecule has 2 saturated heterocycles. The molecule has 3 fully saturated rings. The van der Waals surface area contributed by atoms with E-state index in [0.717, 1.165) is 0 Å². The first kappa shape index (κ1) is 22.4. The largest absolute Gasteiger partial charge is 0.459 e. The Hall–Kier alpha value is -1.81. The lowest BCUT2D eigenvalue weighted by molar-refractivity contribution is -0.215. The third-order valence-corrected chi connectivity index (χ3v) is 8.00. The second-order valence-electron chi connectivity index (χ2n) is 9.88. The summed E-state index contributed by atoms with van der Waals surface area (Å²) in [7, 11) is 0. The molecule has 9 heteroatoms. The highest BCUT2D eigenvalue weighted by molar-refractivity contribution is 5.89. The molecule has 1 saturated carbocycles. The molecule has 0 aromatic rings. The number of fused-ring (bicyclic) bond motifs is 1. The van der Waals surface area contributed by atoms with Gasteiger partial charge < -0.3 is 29.5 Å². The van der Waals surface area contributed by atoms with Gasteiger partial charge in [-0.1, -0.05) is 19.4 Å². The second kappa shape index (κ2) is 6.84. The van der Waals surface area contributed by atoms with Crippen LogP contribution in [0.1, 0.15) is 47.5 Å². The van der Waals surface area contributed by atoms with Crippen LogP contribution >= 0.6 is 0 Å². The quantitative estimate of drug-likeness (QED) is 0.294. The molecule has 31 heavy (non-hydrogen) atoms. The summed E-state index contributed by atoms with van der Waals surface area (Å²) in [6.07, 6.45) is -4.54. The summed E-state index contributed by atoms with van der Waals surface area (Å²) in [5.74, 6) is -3.27. The maximum Gasteiger partial charge on any atom is 0.342 e. The van der Waals surface area contributed by atoms with E-state index in [1.165, 1.54) is 13.8 Å². The molecule has 4 rings (SSSR count). The van der Waals surface area contributed by atoms with Gasteiger partial charge in [-0.15, -0.1) is 0 Å². The van der Waals surface area contributed by atoms with Crippen LogP contribution in [0.2, 0.25) is 0 Å². The maximum absolute atomic E-state index is 12.7. The van der Waals surface area contributed by atoms with Crippen LogP contribution in [0.5, 0.6) is 0 Å². The molecule has 2 heterocycles. The minimum Gasteiger partial charge on any atom is -0.459 e. The number of carbonyl (C=O) groups is 3. The summed E-state index contributed by atoms with van der Waals surface area (Å²) in [6, 6.07) is 0. The summed E-state index contributed by atoms with van der Waals surface area (Å²) in [5, 5.41) is 33.8. The Morgan fingerprint density at radius 2 is 1.84 bits per heavy atom. The van der Waals surface area contributed by atoms with Crippen molar-refractivity contribution in [1.82, 2.24) is 0 Å². The van der Waals surface area contributed by atoms with Crippen molar-refractivity contribution in [3.8, 4) is 0 Å². The van der Waals surface area contributed by atoms with Crippen LogP contribution < -0.4 is 0 Å². The van der Waals surface area contributed by atoms with Crippen molar-refractivity contribution in [1.29, 1.82) is 0 Å². The number of aliphatic hydroxyl groups excluding tert-OH is 3. The van der Waals surface area contributed by atoms with Crippen LogP contribution in [-0.4, -0.2) is 74.8 Å². The van der Waals surface area contributed by atoms with Crippen molar-refractivity contribution < 1.29 is 43.9 Å². The zero-order valence-corrected chi connectivity index (χ0v) is 18.3. The predicted octanol–water partition coefficient (Wildman–Crippen LogP) is 0.0353. The van der Waals surface area contributed by atoms with Crippen LogP contribution in [0.25, 0.3) is 0 Å². The molecule has 4 aliphatic rings. The molecule has 10 unspecified atom stereocenters. The SMILES string of the molecule is CC(=O)OC1C(O)CC(C)=CC2OC(=O)C3(C)OC23C(O)C2C(C)C(=O)CC(O)C12C. The lowest BCUT2D eigenvalue weighted by Crippen LogP contribution is -2.66. The third-order valence-electron chi connectivity index (χ3n) is 8.00. The number of esters is 2. The molecule has 1 spiro atoms. The van der Waals surface area contributed by atoms with E-state index in [4.69, 9.17) is 14.2 Å². The zero-order valence-electron chi connectivity index (χ0n) is 18.3. The predicted molar refractivity (Wildman–Crippen MR) is 104 cm³/mol. The average molecular weight is 438 g/mol. The van der Waals surface area contributed by atoms with Crippen molar-refractivity contribution in [2.45, 2.75) is 89.2 Å². The van der Waals surface area contributed by atoms with Crippen LogP contribution in [-0.2, 0) is 28.6 Å².